The quantitative estimate of drug-likeness (QED) is 0.564. The van der Waals surface area contributed by atoms with E-state index in [0.29, 0.717) is 12.4 Å². The first kappa shape index (κ1) is 12.7. The summed E-state index contributed by atoms with van der Waals surface area (Å²) < 4.78 is 6.97. The third kappa shape index (κ3) is 3.33. The highest BCUT2D eigenvalue weighted by molar-refractivity contribution is 5.36. The number of aromatic nitrogens is 1. The molecule has 0 amide bonds. The van der Waals surface area contributed by atoms with Crippen LogP contribution in [0.4, 0.5) is 0 Å². The van der Waals surface area contributed by atoms with Gasteiger partial charge in [-0.2, -0.15) is 4.57 Å². The number of carbonyl (C=O) groups is 1. The predicted molar refractivity (Wildman–Crippen MR) is 61.8 cm³/mol. The maximum atomic E-state index is 10.4. The summed E-state index contributed by atoms with van der Waals surface area (Å²) in [5.41, 5.74) is 2.43. The van der Waals surface area contributed by atoms with Gasteiger partial charge in [-0.3, -0.25) is 4.79 Å². The average Bonchev–Trinajstić information content (AvgIpc) is 2.16. The van der Waals surface area contributed by atoms with Crippen LogP contribution in [-0.4, -0.2) is 6.47 Å². The van der Waals surface area contributed by atoms with Gasteiger partial charge >= 0.3 is 6.23 Å². The number of hydrogen-bond acceptors (Lipinski definition) is 2. The van der Waals surface area contributed by atoms with Crippen molar-refractivity contribution in [2.75, 3.05) is 0 Å². The molecule has 0 N–H and O–H groups in total. The van der Waals surface area contributed by atoms with Crippen molar-refractivity contribution in [1.82, 2.24) is 0 Å². The molecule has 0 aliphatic rings. The summed E-state index contributed by atoms with van der Waals surface area (Å²) in [5.74, 6) is 0.580. The lowest BCUT2D eigenvalue weighted by Gasteiger charge is -2.11. The van der Waals surface area contributed by atoms with Crippen molar-refractivity contribution in [3.8, 4) is 0 Å². The molecule has 1 aromatic rings. The molecule has 0 aromatic carbocycles. The monoisotopic (exact) mass is 222 g/mol. The molecule has 0 aliphatic carbocycles. The maximum absolute atomic E-state index is 10.4. The summed E-state index contributed by atoms with van der Waals surface area (Å²) in [6.07, 6.45) is 2.71. The Balaban J connectivity index is 3.01. The SMILES string of the molecule is Cc1cc[n+](C(C)OC=O)c(CC(C)C)c1. The molecule has 1 aromatic heterocycles. The summed E-state index contributed by atoms with van der Waals surface area (Å²) in [5, 5.41) is 0. The van der Waals surface area contributed by atoms with Gasteiger partial charge in [0, 0.05) is 25.5 Å². The smallest absolute Gasteiger partial charge is 0.301 e. The number of ether oxygens (including phenoxy) is 1. The zero-order valence-corrected chi connectivity index (χ0v) is 10.4. The Bertz CT molecular complexity index is 361. The van der Waals surface area contributed by atoms with Gasteiger partial charge in [0.05, 0.1) is 0 Å². The molecule has 1 atom stereocenters. The van der Waals surface area contributed by atoms with Crippen molar-refractivity contribution in [2.45, 2.75) is 40.3 Å². The number of rotatable bonds is 5. The Morgan fingerprint density at radius 3 is 2.69 bits per heavy atom. The van der Waals surface area contributed by atoms with Crippen molar-refractivity contribution in [2.24, 2.45) is 5.92 Å². The van der Waals surface area contributed by atoms with Crippen LogP contribution >= 0.6 is 0 Å². The molecule has 0 bridgehead atoms. The third-order valence-electron chi connectivity index (χ3n) is 2.49. The average molecular weight is 222 g/mol. The van der Waals surface area contributed by atoms with Gasteiger partial charge in [-0.05, 0) is 18.4 Å². The van der Waals surface area contributed by atoms with Gasteiger partial charge in [-0.1, -0.05) is 13.8 Å². The maximum Gasteiger partial charge on any atom is 0.301 e. The van der Waals surface area contributed by atoms with Crippen LogP contribution < -0.4 is 4.57 Å². The molecule has 1 heterocycles. The zero-order chi connectivity index (χ0) is 12.1. The van der Waals surface area contributed by atoms with Crippen LogP contribution in [0.25, 0.3) is 0 Å². The minimum absolute atomic E-state index is 0.244. The first-order valence-corrected chi connectivity index (χ1v) is 5.64. The molecule has 3 nitrogen and oxygen atoms in total. The van der Waals surface area contributed by atoms with Crippen molar-refractivity contribution in [3.05, 3.63) is 29.6 Å². The molecule has 88 valence electrons. The molecular weight excluding hydrogens is 202 g/mol. The van der Waals surface area contributed by atoms with E-state index in [2.05, 4.69) is 26.8 Å². The van der Waals surface area contributed by atoms with E-state index in [1.165, 1.54) is 11.3 Å². The van der Waals surface area contributed by atoms with Crippen LogP contribution in [0.15, 0.2) is 18.3 Å². The molecule has 0 saturated heterocycles. The molecule has 1 rings (SSSR count). The van der Waals surface area contributed by atoms with Gasteiger partial charge in [0.25, 0.3) is 6.47 Å². The minimum atomic E-state index is -0.244. The molecule has 16 heavy (non-hydrogen) atoms. The second-order valence-electron chi connectivity index (χ2n) is 4.53. The minimum Gasteiger partial charge on any atom is -0.405 e. The van der Waals surface area contributed by atoms with Gasteiger partial charge in [0.2, 0.25) is 0 Å². The van der Waals surface area contributed by atoms with Crippen LogP contribution in [0.3, 0.4) is 0 Å². The summed E-state index contributed by atoms with van der Waals surface area (Å²) in [6.45, 7) is 8.79. The highest BCUT2D eigenvalue weighted by Crippen LogP contribution is 2.08. The largest absolute Gasteiger partial charge is 0.405 e. The molecule has 0 fully saturated rings. The molecule has 1 unspecified atom stereocenters. The van der Waals surface area contributed by atoms with Gasteiger partial charge in [-0.15, -0.1) is 0 Å². The van der Waals surface area contributed by atoms with Crippen molar-refractivity contribution < 1.29 is 14.1 Å². The van der Waals surface area contributed by atoms with Crippen LogP contribution in [0.5, 0.6) is 0 Å². The standard InChI is InChI=1S/C13H20NO2/c1-10(2)7-13-8-11(3)5-6-14(13)12(4)16-9-15/h5-6,8-10,12H,7H2,1-4H3/q+1. The van der Waals surface area contributed by atoms with E-state index in [-0.39, 0.29) is 6.23 Å². The van der Waals surface area contributed by atoms with Crippen molar-refractivity contribution in [3.63, 3.8) is 0 Å². The van der Waals surface area contributed by atoms with E-state index in [0.717, 1.165) is 6.42 Å². The summed E-state index contributed by atoms with van der Waals surface area (Å²) in [6, 6.07) is 4.17. The van der Waals surface area contributed by atoms with E-state index in [1.54, 1.807) is 0 Å². The van der Waals surface area contributed by atoms with E-state index in [9.17, 15) is 4.79 Å². The Morgan fingerprint density at radius 1 is 1.44 bits per heavy atom. The highest BCUT2D eigenvalue weighted by Gasteiger charge is 2.19. The summed E-state index contributed by atoms with van der Waals surface area (Å²) in [4.78, 5) is 10.4. The molecule has 0 spiro atoms. The van der Waals surface area contributed by atoms with Crippen LogP contribution in [0.1, 0.15) is 38.3 Å². The van der Waals surface area contributed by atoms with Gasteiger partial charge in [0.15, 0.2) is 11.9 Å². The van der Waals surface area contributed by atoms with Gasteiger partial charge < -0.3 is 4.74 Å². The fraction of sp³-hybridized carbons (Fsp3) is 0.538. The Hall–Kier alpha value is -1.38. The molecule has 0 aliphatic heterocycles. The van der Waals surface area contributed by atoms with Crippen LogP contribution in [0, 0.1) is 12.8 Å². The fourth-order valence-electron chi connectivity index (χ4n) is 1.76. The number of hydrogen-bond donors (Lipinski definition) is 0. The second-order valence-corrected chi connectivity index (χ2v) is 4.53. The lowest BCUT2D eigenvalue weighted by molar-refractivity contribution is -0.759. The lowest BCUT2D eigenvalue weighted by Crippen LogP contribution is -2.43. The number of nitrogens with zero attached hydrogens (tertiary/aromatic N) is 1. The predicted octanol–water partition coefficient (Wildman–Crippen LogP) is 2.17. The van der Waals surface area contributed by atoms with E-state index in [1.807, 2.05) is 23.8 Å². The van der Waals surface area contributed by atoms with Crippen molar-refractivity contribution in [1.29, 1.82) is 0 Å². The Labute approximate surface area is 97.1 Å². The fourth-order valence-corrected chi connectivity index (χ4v) is 1.76. The summed E-state index contributed by atoms with van der Waals surface area (Å²) >= 11 is 0. The topological polar surface area (TPSA) is 30.2 Å². The van der Waals surface area contributed by atoms with E-state index < -0.39 is 0 Å². The first-order valence-electron chi connectivity index (χ1n) is 5.64. The third-order valence-corrected chi connectivity index (χ3v) is 2.49. The van der Waals surface area contributed by atoms with Gasteiger partial charge in [-0.25, -0.2) is 0 Å². The first-order chi connectivity index (χ1) is 7.54. The van der Waals surface area contributed by atoms with Gasteiger partial charge in [0.1, 0.15) is 0 Å². The number of pyridine rings is 1. The zero-order valence-electron chi connectivity index (χ0n) is 10.4. The van der Waals surface area contributed by atoms with E-state index in [4.69, 9.17) is 4.74 Å². The highest BCUT2D eigenvalue weighted by atomic mass is 16.5. The summed E-state index contributed by atoms with van der Waals surface area (Å²) in [7, 11) is 0. The lowest BCUT2D eigenvalue weighted by atomic mass is 10.1. The van der Waals surface area contributed by atoms with Crippen LogP contribution in [-0.2, 0) is 16.0 Å². The van der Waals surface area contributed by atoms with Crippen LogP contribution in [0.2, 0.25) is 0 Å². The normalized spacial score (nSPS) is 12.6. The van der Waals surface area contributed by atoms with E-state index >= 15 is 0 Å². The molecular formula is C13H20NO2+. The molecule has 0 saturated carbocycles. The Kier molecular flexibility index (Phi) is 4.47. The van der Waals surface area contributed by atoms with Crippen molar-refractivity contribution >= 4 is 6.47 Å². The molecule has 0 radical (unpaired) electrons. The number of carbonyl (C=O) groups excluding carboxylic acids is 1. The Morgan fingerprint density at radius 2 is 2.12 bits per heavy atom. The molecule has 3 heteroatoms. The number of aryl methyl sites for hydroxylation is 1. The second kappa shape index (κ2) is 5.64.